The van der Waals surface area contributed by atoms with Gasteiger partial charge in [-0.1, -0.05) is 13.8 Å². The highest BCUT2D eigenvalue weighted by Gasteiger charge is 2.14. The highest BCUT2D eigenvalue weighted by molar-refractivity contribution is 7.89. The van der Waals surface area contributed by atoms with Gasteiger partial charge in [-0.2, -0.15) is 0 Å². The van der Waals surface area contributed by atoms with Gasteiger partial charge in [0.1, 0.15) is 0 Å². The summed E-state index contributed by atoms with van der Waals surface area (Å²) in [6.07, 6.45) is 0.934. The van der Waals surface area contributed by atoms with Crippen molar-refractivity contribution < 1.29 is 23.1 Å². The van der Waals surface area contributed by atoms with Gasteiger partial charge in [0.25, 0.3) is 0 Å². The molecule has 21 heavy (non-hydrogen) atoms. The largest absolute Gasteiger partial charge is 0.478 e. The molecule has 0 atom stereocenters. The van der Waals surface area contributed by atoms with Crippen molar-refractivity contribution >= 4 is 16.0 Å². The third-order valence-corrected chi connectivity index (χ3v) is 4.27. The molecule has 0 saturated carbocycles. The van der Waals surface area contributed by atoms with E-state index in [4.69, 9.17) is 9.84 Å². The van der Waals surface area contributed by atoms with Crippen LogP contribution >= 0.6 is 0 Å². The van der Waals surface area contributed by atoms with Crippen molar-refractivity contribution in [2.75, 3.05) is 19.8 Å². The van der Waals surface area contributed by atoms with E-state index < -0.39 is 16.0 Å². The molecule has 0 unspecified atom stereocenters. The van der Waals surface area contributed by atoms with E-state index >= 15 is 0 Å². The number of hydrogen-bond donors (Lipinski definition) is 2. The van der Waals surface area contributed by atoms with Crippen LogP contribution in [0.15, 0.2) is 29.2 Å². The molecule has 2 N–H and O–H groups in total. The van der Waals surface area contributed by atoms with E-state index in [0.29, 0.717) is 19.1 Å². The van der Waals surface area contributed by atoms with Crippen molar-refractivity contribution in [2.24, 2.45) is 5.92 Å². The number of carboxylic acid groups (broad SMARTS) is 1. The molecule has 0 aliphatic heterocycles. The van der Waals surface area contributed by atoms with E-state index in [9.17, 15) is 13.2 Å². The first-order chi connectivity index (χ1) is 9.83. The summed E-state index contributed by atoms with van der Waals surface area (Å²) in [6, 6.07) is 5.06. The Bertz CT molecular complexity index is 551. The second-order valence-electron chi connectivity index (χ2n) is 5.02. The normalized spacial score (nSPS) is 11.8. The van der Waals surface area contributed by atoms with Gasteiger partial charge in [-0.3, -0.25) is 0 Å². The number of carbonyl (C=O) groups is 1. The second kappa shape index (κ2) is 8.11. The minimum atomic E-state index is -3.63. The van der Waals surface area contributed by atoms with E-state index in [-0.39, 0.29) is 17.0 Å². The topological polar surface area (TPSA) is 92.7 Å². The van der Waals surface area contributed by atoms with Crippen LogP contribution in [0.4, 0.5) is 0 Å². The average Bonchev–Trinajstić information content (AvgIpc) is 2.42. The van der Waals surface area contributed by atoms with Crippen molar-refractivity contribution in [3.8, 4) is 0 Å². The Hall–Kier alpha value is -1.44. The second-order valence-corrected chi connectivity index (χ2v) is 6.79. The molecule has 6 nitrogen and oxygen atoms in total. The number of benzene rings is 1. The summed E-state index contributed by atoms with van der Waals surface area (Å²) < 4.78 is 31.6. The molecular weight excluding hydrogens is 294 g/mol. The summed E-state index contributed by atoms with van der Waals surface area (Å²) >= 11 is 0. The Morgan fingerprint density at radius 3 is 2.38 bits per heavy atom. The summed E-state index contributed by atoms with van der Waals surface area (Å²) in [5.41, 5.74) is 0.0472. The molecule has 0 spiro atoms. The lowest BCUT2D eigenvalue weighted by Crippen LogP contribution is -2.27. The van der Waals surface area contributed by atoms with E-state index in [0.717, 1.165) is 6.42 Å². The minimum absolute atomic E-state index is 0.0367. The summed E-state index contributed by atoms with van der Waals surface area (Å²) in [6.45, 7) is 5.27. The average molecular weight is 315 g/mol. The van der Waals surface area contributed by atoms with Gasteiger partial charge in [-0.15, -0.1) is 0 Å². The van der Waals surface area contributed by atoms with Crippen molar-refractivity contribution in [2.45, 2.75) is 25.2 Å². The fourth-order valence-corrected chi connectivity index (χ4v) is 2.54. The Morgan fingerprint density at radius 2 is 1.86 bits per heavy atom. The quantitative estimate of drug-likeness (QED) is 0.677. The fourth-order valence-electron chi connectivity index (χ4n) is 1.53. The Kier molecular flexibility index (Phi) is 6.80. The zero-order chi connectivity index (χ0) is 15.9. The Balaban J connectivity index is 2.44. The monoisotopic (exact) mass is 315 g/mol. The number of sulfonamides is 1. The number of hydrogen-bond acceptors (Lipinski definition) is 4. The van der Waals surface area contributed by atoms with Crippen LogP contribution in [0.1, 0.15) is 30.6 Å². The molecule has 0 saturated heterocycles. The van der Waals surface area contributed by atoms with Crippen molar-refractivity contribution in [3.63, 3.8) is 0 Å². The lowest BCUT2D eigenvalue weighted by Gasteiger charge is -2.08. The van der Waals surface area contributed by atoms with Crippen molar-refractivity contribution in [1.82, 2.24) is 4.72 Å². The molecule has 0 amide bonds. The molecule has 1 aromatic rings. The number of aromatic carboxylic acids is 1. The van der Waals surface area contributed by atoms with Gasteiger partial charge in [-0.25, -0.2) is 17.9 Å². The molecule has 0 aromatic heterocycles. The van der Waals surface area contributed by atoms with Gasteiger partial charge in [0.15, 0.2) is 0 Å². The fraction of sp³-hybridized carbons (Fsp3) is 0.500. The van der Waals surface area contributed by atoms with E-state index in [1.54, 1.807) is 0 Å². The molecule has 1 rings (SSSR count). The van der Waals surface area contributed by atoms with Gasteiger partial charge in [0.05, 0.1) is 17.1 Å². The van der Waals surface area contributed by atoms with Gasteiger partial charge in [0.2, 0.25) is 10.0 Å². The molecule has 1 aromatic carbocycles. The maximum Gasteiger partial charge on any atom is 0.335 e. The first-order valence-corrected chi connectivity index (χ1v) is 8.22. The van der Waals surface area contributed by atoms with E-state index in [1.165, 1.54) is 24.3 Å². The predicted molar refractivity (Wildman–Crippen MR) is 78.9 cm³/mol. The van der Waals surface area contributed by atoms with E-state index in [2.05, 4.69) is 18.6 Å². The molecule has 7 heteroatoms. The number of ether oxygens (including phenoxy) is 1. The van der Waals surface area contributed by atoms with Crippen LogP contribution < -0.4 is 4.72 Å². The summed E-state index contributed by atoms with van der Waals surface area (Å²) in [5, 5.41) is 8.76. The first-order valence-electron chi connectivity index (χ1n) is 6.73. The predicted octanol–water partition coefficient (Wildman–Crippen LogP) is 1.73. The first kappa shape index (κ1) is 17.6. The highest BCUT2D eigenvalue weighted by Crippen LogP contribution is 2.10. The maximum absolute atomic E-state index is 11.9. The molecule has 0 aliphatic carbocycles. The molecule has 0 heterocycles. The van der Waals surface area contributed by atoms with Crippen LogP contribution in [0.3, 0.4) is 0 Å². The Labute approximate surface area is 125 Å². The smallest absolute Gasteiger partial charge is 0.335 e. The standard InChI is InChI=1S/C14H21NO5S/c1-11(2)7-9-20-10-8-15-21(18,19)13-5-3-12(4-6-13)14(16)17/h3-6,11,15H,7-10H2,1-2H3,(H,16,17). The van der Waals surface area contributed by atoms with E-state index in [1.807, 2.05) is 0 Å². The third kappa shape index (κ3) is 6.24. The van der Waals surface area contributed by atoms with Crippen molar-refractivity contribution in [3.05, 3.63) is 29.8 Å². The molecule has 0 aliphatic rings. The van der Waals surface area contributed by atoms with Crippen LogP contribution in [0.25, 0.3) is 0 Å². The van der Waals surface area contributed by atoms with Crippen LogP contribution in [0.2, 0.25) is 0 Å². The lowest BCUT2D eigenvalue weighted by molar-refractivity contribution is 0.0696. The number of nitrogens with one attached hydrogen (secondary N) is 1. The number of carboxylic acids is 1. The highest BCUT2D eigenvalue weighted by atomic mass is 32.2. The summed E-state index contributed by atoms with van der Waals surface area (Å²) in [4.78, 5) is 10.7. The van der Waals surface area contributed by atoms with Gasteiger partial charge < -0.3 is 9.84 Å². The maximum atomic E-state index is 11.9. The zero-order valence-corrected chi connectivity index (χ0v) is 13.0. The van der Waals surface area contributed by atoms with Crippen LogP contribution in [-0.2, 0) is 14.8 Å². The van der Waals surface area contributed by atoms with Gasteiger partial charge >= 0.3 is 5.97 Å². The minimum Gasteiger partial charge on any atom is -0.478 e. The summed E-state index contributed by atoms with van der Waals surface area (Å²) in [5.74, 6) is -0.542. The SMILES string of the molecule is CC(C)CCOCCNS(=O)(=O)c1ccc(C(=O)O)cc1. The molecule has 118 valence electrons. The van der Waals surface area contributed by atoms with Crippen LogP contribution in [0, 0.1) is 5.92 Å². The van der Waals surface area contributed by atoms with Crippen LogP contribution in [-0.4, -0.2) is 39.3 Å². The van der Waals surface area contributed by atoms with Crippen molar-refractivity contribution in [1.29, 1.82) is 0 Å². The molecule has 0 bridgehead atoms. The Morgan fingerprint density at radius 1 is 1.24 bits per heavy atom. The summed E-state index contributed by atoms with van der Waals surface area (Å²) in [7, 11) is -3.63. The van der Waals surface area contributed by atoms with Crippen LogP contribution in [0.5, 0.6) is 0 Å². The molecule has 0 radical (unpaired) electrons. The van der Waals surface area contributed by atoms with Gasteiger partial charge in [0, 0.05) is 13.2 Å². The zero-order valence-electron chi connectivity index (χ0n) is 12.2. The third-order valence-electron chi connectivity index (χ3n) is 2.79. The molecule has 0 fully saturated rings. The number of rotatable bonds is 9. The lowest BCUT2D eigenvalue weighted by atomic mass is 10.1. The van der Waals surface area contributed by atoms with Gasteiger partial charge in [-0.05, 0) is 36.6 Å². The molecular formula is C14H21NO5S.